The van der Waals surface area contributed by atoms with Crippen molar-refractivity contribution in [3.05, 3.63) is 34.7 Å². The molecule has 1 aromatic carbocycles. The molecule has 0 spiro atoms. The van der Waals surface area contributed by atoms with Gasteiger partial charge in [0.15, 0.2) is 0 Å². The molecule has 0 atom stereocenters. The summed E-state index contributed by atoms with van der Waals surface area (Å²) in [6, 6.07) is 6.66. The van der Waals surface area contributed by atoms with Crippen LogP contribution in [-0.2, 0) is 19.4 Å². The first-order valence-corrected chi connectivity index (χ1v) is 5.74. The van der Waals surface area contributed by atoms with E-state index in [2.05, 4.69) is 4.74 Å². The van der Waals surface area contributed by atoms with Crippen LogP contribution in [0.4, 0.5) is 0 Å². The summed E-state index contributed by atoms with van der Waals surface area (Å²) in [5.74, 6) is 0. The van der Waals surface area contributed by atoms with Gasteiger partial charge in [-0.3, -0.25) is 4.79 Å². The molecule has 2 rings (SSSR count). The third-order valence-electron chi connectivity index (χ3n) is 2.16. The summed E-state index contributed by atoms with van der Waals surface area (Å²) in [7, 11) is -3.44. The van der Waals surface area contributed by atoms with Crippen molar-refractivity contribution in [2.24, 2.45) is 0 Å². The van der Waals surface area contributed by atoms with Gasteiger partial charge in [0.05, 0.1) is 9.80 Å². The lowest BCUT2D eigenvalue weighted by atomic mass is 10.2. The summed E-state index contributed by atoms with van der Waals surface area (Å²) < 4.78 is 28.1. The maximum absolute atomic E-state index is 11.8. The SMILES string of the molecule is O=COCC1=Cc2ccccc2S1(=O)=O. The van der Waals surface area contributed by atoms with E-state index in [1.54, 1.807) is 18.2 Å². The van der Waals surface area contributed by atoms with Gasteiger partial charge in [-0.1, -0.05) is 18.2 Å². The van der Waals surface area contributed by atoms with E-state index >= 15 is 0 Å². The molecule has 1 heterocycles. The Bertz CT molecular complexity index is 528. The number of ether oxygens (including phenoxy) is 1. The fourth-order valence-corrected chi connectivity index (χ4v) is 2.95. The van der Waals surface area contributed by atoms with Crippen molar-refractivity contribution in [3.63, 3.8) is 0 Å². The predicted octanol–water partition coefficient (Wildman–Crippen LogP) is 0.988. The van der Waals surface area contributed by atoms with Gasteiger partial charge in [-0.05, 0) is 17.7 Å². The Labute approximate surface area is 87.1 Å². The number of fused-ring (bicyclic) bond motifs is 1. The third kappa shape index (κ3) is 1.55. The van der Waals surface area contributed by atoms with Crippen molar-refractivity contribution in [3.8, 4) is 0 Å². The van der Waals surface area contributed by atoms with Crippen molar-refractivity contribution in [2.75, 3.05) is 6.61 Å². The van der Waals surface area contributed by atoms with Crippen LogP contribution in [-0.4, -0.2) is 21.5 Å². The second-order valence-corrected chi connectivity index (χ2v) is 5.03. The topological polar surface area (TPSA) is 60.4 Å². The number of sulfone groups is 1. The molecular weight excluding hydrogens is 216 g/mol. The Kier molecular flexibility index (Phi) is 2.32. The van der Waals surface area contributed by atoms with Crippen molar-refractivity contribution in [1.29, 1.82) is 0 Å². The van der Waals surface area contributed by atoms with E-state index in [0.29, 0.717) is 5.56 Å². The zero-order valence-corrected chi connectivity index (χ0v) is 8.53. The van der Waals surface area contributed by atoms with Gasteiger partial charge in [-0.15, -0.1) is 0 Å². The Morgan fingerprint density at radius 2 is 2.00 bits per heavy atom. The fraction of sp³-hybridized carbons (Fsp3) is 0.100. The van der Waals surface area contributed by atoms with Crippen molar-refractivity contribution < 1.29 is 17.9 Å². The minimum atomic E-state index is -3.44. The standard InChI is InChI=1S/C10H8O4S/c11-7-14-6-9-5-8-3-1-2-4-10(8)15(9,12)13/h1-5,7H,6H2. The zero-order valence-electron chi connectivity index (χ0n) is 7.71. The summed E-state index contributed by atoms with van der Waals surface area (Å²) in [4.78, 5) is 10.4. The Morgan fingerprint density at radius 3 is 2.67 bits per heavy atom. The molecule has 15 heavy (non-hydrogen) atoms. The van der Waals surface area contributed by atoms with Crippen molar-refractivity contribution in [1.82, 2.24) is 0 Å². The van der Waals surface area contributed by atoms with Gasteiger partial charge < -0.3 is 4.74 Å². The number of carbonyl (C=O) groups excluding carboxylic acids is 1. The van der Waals surface area contributed by atoms with Gasteiger partial charge in [0.1, 0.15) is 6.61 Å². The molecule has 0 amide bonds. The maximum atomic E-state index is 11.8. The van der Waals surface area contributed by atoms with Crippen LogP contribution in [0, 0.1) is 0 Å². The minimum absolute atomic E-state index is 0.121. The van der Waals surface area contributed by atoms with Crippen LogP contribution in [0.15, 0.2) is 34.1 Å². The van der Waals surface area contributed by atoms with Crippen LogP contribution in [0.25, 0.3) is 6.08 Å². The molecular formula is C10H8O4S. The lowest BCUT2D eigenvalue weighted by molar-refractivity contribution is -0.127. The number of hydrogen-bond donors (Lipinski definition) is 0. The zero-order chi connectivity index (χ0) is 10.9. The maximum Gasteiger partial charge on any atom is 0.293 e. The van der Waals surface area contributed by atoms with Crippen LogP contribution in [0.2, 0.25) is 0 Å². The van der Waals surface area contributed by atoms with E-state index in [0.717, 1.165) is 0 Å². The van der Waals surface area contributed by atoms with E-state index in [4.69, 9.17) is 0 Å². The van der Waals surface area contributed by atoms with Crippen LogP contribution in [0.1, 0.15) is 5.56 Å². The lowest BCUT2D eigenvalue weighted by Crippen LogP contribution is -2.06. The number of carbonyl (C=O) groups is 1. The Hall–Kier alpha value is -1.62. The highest BCUT2D eigenvalue weighted by Crippen LogP contribution is 2.32. The molecule has 0 saturated heterocycles. The quantitative estimate of drug-likeness (QED) is 0.718. The molecule has 0 fully saturated rings. The fourth-order valence-electron chi connectivity index (χ4n) is 1.47. The van der Waals surface area contributed by atoms with Gasteiger partial charge in [-0.2, -0.15) is 0 Å². The average Bonchev–Trinajstić information content (AvgIpc) is 2.48. The minimum Gasteiger partial charge on any atom is -0.462 e. The van der Waals surface area contributed by atoms with Gasteiger partial charge in [0, 0.05) is 0 Å². The van der Waals surface area contributed by atoms with E-state index in [1.807, 2.05) is 0 Å². The second-order valence-electron chi connectivity index (χ2n) is 3.06. The molecule has 0 bridgehead atoms. The van der Waals surface area contributed by atoms with Crippen LogP contribution >= 0.6 is 0 Å². The Balaban J connectivity index is 2.45. The summed E-state index contributed by atoms with van der Waals surface area (Å²) in [6.07, 6.45) is 1.52. The first-order chi connectivity index (χ1) is 7.16. The molecule has 0 N–H and O–H groups in total. The second kappa shape index (κ2) is 3.51. The van der Waals surface area contributed by atoms with E-state index in [-0.39, 0.29) is 22.9 Å². The van der Waals surface area contributed by atoms with Gasteiger partial charge in [0.2, 0.25) is 9.84 Å². The van der Waals surface area contributed by atoms with Crippen molar-refractivity contribution in [2.45, 2.75) is 4.90 Å². The van der Waals surface area contributed by atoms with Gasteiger partial charge >= 0.3 is 0 Å². The average molecular weight is 224 g/mol. The molecule has 0 aromatic heterocycles. The first kappa shape index (κ1) is 9.92. The Morgan fingerprint density at radius 1 is 1.27 bits per heavy atom. The summed E-state index contributed by atoms with van der Waals surface area (Å²) in [6.45, 7) is 0.0276. The van der Waals surface area contributed by atoms with Crippen LogP contribution < -0.4 is 0 Å². The smallest absolute Gasteiger partial charge is 0.293 e. The van der Waals surface area contributed by atoms with Crippen LogP contribution in [0.5, 0.6) is 0 Å². The third-order valence-corrected chi connectivity index (χ3v) is 4.04. The molecule has 4 nitrogen and oxygen atoms in total. The molecule has 0 saturated carbocycles. The molecule has 1 aliphatic heterocycles. The molecule has 0 unspecified atom stereocenters. The monoisotopic (exact) mass is 224 g/mol. The number of rotatable bonds is 3. The first-order valence-electron chi connectivity index (χ1n) is 4.26. The largest absolute Gasteiger partial charge is 0.462 e. The highest BCUT2D eigenvalue weighted by Gasteiger charge is 2.29. The number of benzene rings is 1. The predicted molar refractivity (Wildman–Crippen MR) is 53.6 cm³/mol. The molecule has 1 aliphatic rings. The molecule has 78 valence electrons. The molecule has 1 aromatic rings. The lowest BCUT2D eigenvalue weighted by Gasteiger charge is -2.01. The molecule has 5 heteroatoms. The van der Waals surface area contributed by atoms with Gasteiger partial charge in [-0.25, -0.2) is 8.42 Å². The highest BCUT2D eigenvalue weighted by atomic mass is 32.2. The van der Waals surface area contributed by atoms with Crippen molar-refractivity contribution >= 4 is 22.4 Å². The normalized spacial score (nSPS) is 16.7. The van der Waals surface area contributed by atoms with Gasteiger partial charge in [0.25, 0.3) is 6.47 Å². The summed E-state index contributed by atoms with van der Waals surface area (Å²) in [5.41, 5.74) is 0.641. The van der Waals surface area contributed by atoms with E-state index < -0.39 is 9.84 Å². The highest BCUT2D eigenvalue weighted by molar-refractivity contribution is 7.95. The summed E-state index contributed by atoms with van der Waals surface area (Å²) in [5, 5.41) is 0. The summed E-state index contributed by atoms with van der Waals surface area (Å²) >= 11 is 0. The number of hydrogen-bond acceptors (Lipinski definition) is 4. The molecule has 0 radical (unpaired) electrons. The van der Waals surface area contributed by atoms with Crippen LogP contribution in [0.3, 0.4) is 0 Å². The molecule has 0 aliphatic carbocycles. The van der Waals surface area contributed by atoms with E-state index in [9.17, 15) is 13.2 Å². The van der Waals surface area contributed by atoms with E-state index in [1.165, 1.54) is 12.1 Å².